The molecular weight excluding hydrogens is 262 g/mol. The van der Waals surface area contributed by atoms with Crippen molar-refractivity contribution in [1.82, 2.24) is 15.3 Å². The van der Waals surface area contributed by atoms with Gasteiger partial charge < -0.3 is 10.1 Å². The fourth-order valence-electron chi connectivity index (χ4n) is 2.69. The van der Waals surface area contributed by atoms with Crippen LogP contribution in [0.5, 0.6) is 0 Å². The molecule has 4 nitrogen and oxygen atoms in total. The van der Waals surface area contributed by atoms with Gasteiger partial charge in [0.1, 0.15) is 5.82 Å². The molecule has 0 amide bonds. The first-order valence-electron chi connectivity index (χ1n) is 8.38. The molecule has 0 unspecified atom stereocenters. The number of nitrogens with one attached hydrogen (secondary N) is 1. The molecule has 1 N–H and O–H groups in total. The van der Waals surface area contributed by atoms with Gasteiger partial charge in [0.15, 0.2) is 0 Å². The van der Waals surface area contributed by atoms with Gasteiger partial charge >= 0.3 is 0 Å². The lowest BCUT2D eigenvalue weighted by Crippen LogP contribution is -2.21. The largest absolute Gasteiger partial charge is 0.385 e. The summed E-state index contributed by atoms with van der Waals surface area (Å²) in [7, 11) is 1.74. The van der Waals surface area contributed by atoms with Crippen LogP contribution < -0.4 is 5.32 Å². The molecule has 1 heterocycles. The number of hydrogen-bond acceptors (Lipinski definition) is 4. The van der Waals surface area contributed by atoms with Crippen LogP contribution in [-0.2, 0) is 30.4 Å². The van der Waals surface area contributed by atoms with Crippen LogP contribution in [0.25, 0.3) is 0 Å². The second-order valence-electron chi connectivity index (χ2n) is 5.79. The molecule has 1 saturated carbocycles. The fraction of sp³-hybridized carbons (Fsp3) is 0.765. The van der Waals surface area contributed by atoms with E-state index in [1.807, 2.05) is 0 Å². The van der Waals surface area contributed by atoms with Gasteiger partial charge in [-0.15, -0.1) is 0 Å². The van der Waals surface area contributed by atoms with E-state index in [-0.39, 0.29) is 0 Å². The summed E-state index contributed by atoms with van der Waals surface area (Å²) in [5, 5.41) is 3.59. The molecule has 118 valence electrons. The normalized spacial score (nSPS) is 14.6. The highest BCUT2D eigenvalue weighted by molar-refractivity contribution is 5.27. The van der Waals surface area contributed by atoms with Crippen molar-refractivity contribution in [3.05, 3.63) is 22.8 Å². The minimum Gasteiger partial charge on any atom is -0.385 e. The second-order valence-corrected chi connectivity index (χ2v) is 5.79. The van der Waals surface area contributed by atoms with E-state index in [2.05, 4.69) is 19.2 Å². The van der Waals surface area contributed by atoms with Crippen LogP contribution in [-0.4, -0.2) is 36.3 Å². The van der Waals surface area contributed by atoms with Gasteiger partial charge in [-0.3, -0.25) is 0 Å². The van der Waals surface area contributed by atoms with Gasteiger partial charge in [0.05, 0.1) is 0 Å². The van der Waals surface area contributed by atoms with Crippen molar-refractivity contribution in [2.75, 3.05) is 20.3 Å². The summed E-state index contributed by atoms with van der Waals surface area (Å²) in [6, 6.07) is 0.773. The van der Waals surface area contributed by atoms with Crippen LogP contribution in [0.2, 0.25) is 0 Å². The Hall–Kier alpha value is -1.00. The van der Waals surface area contributed by atoms with Crippen molar-refractivity contribution in [1.29, 1.82) is 0 Å². The summed E-state index contributed by atoms with van der Waals surface area (Å²) in [6.07, 6.45) is 7.63. The molecule has 1 aromatic heterocycles. The van der Waals surface area contributed by atoms with Crippen LogP contribution >= 0.6 is 0 Å². The molecule has 0 spiro atoms. The average molecular weight is 291 g/mol. The van der Waals surface area contributed by atoms with E-state index in [0.717, 1.165) is 57.1 Å². The average Bonchev–Trinajstić information content (AvgIpc) is 3.32. The lowest BCUT2D eigenvalue weighted by atomic mass is 10.0. The SMILES string of the molecule is CCc1nc(CCCOC)nc(CC)c1CCNC1CC1. The van der Waals surface area contributed by atoms with E-state index in [9.17, 15) is 0 Å². The summed E-state index contributed by atoms with van der Waals surface area (Å²) >= 11 is 0. The molecule has 0 radical (unpaired) electrons. The van der Waals surface area contributed by atoms with Crippen molar-refractivity contribution in [2.45, 2.75) is 64.8 Å². The Labute approximate surface area is 128 Å². The van der Waals surface area contributed by atoms with Crippen molar-refractivity contribution in [2.24, 2.45) is 0 Å². The maximum Gasteiger partial charge on any atom is 0.128 e. The van der Waals surface area contributed by atoms with Crippen molar-refractivity contribution < 1.29 is 4.74 Å². The third-order valence-corrected chi connectivity index (χ3v) is 4.03. The van der Waals surface area contributed by atoms with Gasteiger partial charge in [0.25, 0.3) is 0 Å². The number of aryl methyl sites for hydroxylation is 3. The molecule has 21 heavy (non-hydrogen) atoms. The zero-order valence-corrected chi connectivity index (χ0v) is 13.7. The Morgan fingerprint density at radius 1 is 1.10 bits per heavy atom. The smallest absolute Gasteiger partial charge is 0.128 e. The maximum atomic E-state index is 5.12. The predicted octanol–water partition coefficient (Wildman–Crippen LogP) is 2.47. The summed E-state index contributed by atoms with van der Waals surface area (Å²) in [4.78, 5) is 9.58. The summed E-state index contributed by atoms with van der Waals surface area (Å²) in [5.74, 6) is 0.986. The monoisotopic (exact) mass is 291 g/mol. The number of aromatic nitrogens is 2. The highest BCUT2D eigenvalue weighted by atomic mass is 16.5. The summed E-state index contributed by atoms with van der Waals surface area (Å²) < 4.78 is 5.12. The van der Waals surface area contributed by atoms with Crippen LogP contribution in [0.3, 0.4) is 0 Å². The lowest BCUT2D eigenvalue weighted by molar-refractivity contribution is 0.194. The minimum absolute atomic E-state index is 0.773. The Kier molecular flexibility index (Phi) is 6.58. The number of ether oxygens (including phenoxy) is 1. The number of hydrogen-bond donors (Lipinski definition) is 1. The summed E-state index contributed by atoms with van der Waals surface area (Å²) in [5.41, 5.74) is 3.86. The molecule has 1 aromatic rings. The lowest BCUT2D eigenvalue weighted by Gasteiger charge is -2.14. The molecule has 0 saturated heterocycles. The van der Waals surface area contributed by atoms with E-state index in [1.165, 1.54) is 29.8 Å². The molecular formula is C17H29N3O. The number of methoxy groups -OCH3 is 1. The van der Waals surface area contributed by atoms with E-state index >= 15 is 0 Å². The maximum absolute atomic E-state index is 5.12. The molecule has 2 rings (SSSR count). The van der Waals surface area contributed by atoms with Gasteiger partial charge in [0, 0.05) is 37.6 Å². The van der Waals surface area contributed by atoms with Crippen molar-refractivity contribution in [3.63, 3.8) is 0 Å². The first-order chi connectivity index (χ1) is 10.3. The van der Waals surface area contributed by atoms with E-state index < -0.39 is 0 Å². The van der Waals surface area contributed by atoms with Gasteiger partial charge in [-0.2, -0.15) is 0 Å². The standard InChI is InChI=1S/C17H29N3O/c1-4-15-14(10-11-18-13-8-9-13)16(5-2)20-17(19-15)7-6-12-21-3/h13,18H,4-12H2,1-3H3. The van der Waals surface area contributed by atoms with Crippen LogP contribution in [0.4, 0.5) is 0 Å². The number of rotatable bonds is 10. The van der Waals surface area contributed by atoms with Gasteiger partial charge in [0.2, 0.25) is 0 Å². The van der Waals surface area contributed by atoms with E-state index in [4.69, 9.17) is 14.7 Å². The first kappa shape index (κ1) is 16.4. The minimum atomic E-state index is 0.773. The highest BCUT2D eigenvalue weighted by Gasteiger charge is 2.20. The molecule has 0 bridgehead atoms. The van der Waals surface area contributed by atoms with Gasteiger partial charge in [-0.25, -0.2) is 9.97 Å². The molecule has 0 aliphatic heterocycles. The van der Waals surface area contributed by atoms with E-state index in [0.29, 0.717) is 0 Å². The van der Waals surface area contributed by atoms with Gasteiger partial charge in [-0.05, 0) is 50.6 Å². The first-order valence-corrected chi connectivity index (χ1v) is 8.38. The third kappa shape index (κ3) is 5.04. The molecule has 1 aliphatic rings. The molecule has 1 aliphatic carbocycles. The van der Waals surface area contributed by atoms with Crippen molar-refractivity contribution >= 4 is 0 Å². The Balaban J connectivity index is 2.05. The Morgan fingerprint density at radius 2 is 1.76 bits per heavy atom. The van der Waals surface area contributed by atoms with Crippen LogP contribution in [0.15, 0.2) is 0 Å². The molecule has 0 atom stereocenters. The van der Waals surface area contributed by atoms with Crippen molar-refractivity contribution in [3.8, 4) is 0 Å². The van der Waals surface area contributed by atoms with Crippen LogP contribution in [0.1, 0.15) is 55.9 Å². The zero-order chi connectivity index (χ0) is 15.1. The summed E-state index contributed by atoms with van der Waals surface area (Å²) in [6.45, 7) is 6.22. The van der Waals surface area contributed by atoms with E-state index in [1.54, 1.807) is 7.11 Å². The van der Waals surface area contributed by atoms with Gasteiger partial charge in [-0.1, -0.05) is 13.8 Å². The molecule has 4 heteroatoms. The topological polar surface area (TPSA) is 47.0 Å². The van der Waals surface area contributed by atoms with Crippen LogP contribution in [0, 0.1) is 0 Å². The highest BCUT2D eigenvalue weighted by Crippen LogP contribution is 2.19. The Morgan fingerprint density at radius 3 is 2.29 bits per heavy atom. The quantitative estimate of drug-likeness (QED) is 0.673. The predicted molar refractivity (Wildman–Crippen MR) is 85.7 cm³/mol. The second kappa shape index (κ2) is 8.44. The zero-order valence-electron chi connectivity index (χ0n) is 13.7. The Bertz CT molecular complexity index is 419. The molecule has 0 aromatic carbocycles. The molecule has 1 fully saturated rings. The number of nitrogens with zero attached hydrogens (tertiary/aromatic N) is 2. The third-order valence-electron chi connectivity index (χ3n) is 4.03. The fourth-order valence-corrected chi connectivity index (χ4v) is 2.69.